The summed E-state index contributed by atoms with van der Waals surface area (Å²) in [6.45, 7) is 4.37. The van der Waals surface area contributed by atoms with E-state index in [4.69, 9.17) is 10.5 Å². The highest BCUT2D eigenvalue weighted by molar-refractivity contribution is 5.82. The van der Waals surface area contributed by atoms with Crippen LogP contribution in [0.5, 0.6) is 0 Å². The molecule has 140 valence electrons. The number of hydrogen-bond donors (Lipinski definition) is 1. The van der Waals surface area contributed by atoms with Gasteiger partial charge in [-0.3, -0.25) is 4.79 Å². The van der Waals surface area contributed by atoms with Crippen LogP contribution in [-0.4, -0.2) is 80.8 Å². The predicted octanol–water partition coefficient (Wildman–Crippen LogP) is -0.449. The van der Waals surface area contributed by atoms with Crippen molar-refractivity contribution in [2.45, 2.75) is 38.6 Å². The lowest BCUT2D eigenvalue weighted by Gasteiger charge is -2.35. The molecule has 25 heavy (non-hydrogen) atoms. The van der Waals surface area contributed by atoms with Crippen molar-refractivity contribution in [2.75, 3.05) is 32.8 Å². The van der Waals surface area contributed by atoms with Gasteiger partial charge in [0.05, 0.1) is 12.6 Å². The Kier molecular flexibility index (Phi) is 7.11. The van der Waals surface area contributed by atoms with Gasteiger partial charge in [-0.25, -0.2) is 9.48 Å². The zero-order valence-electron chi connectivity index (χ0n) is 14.9. The molecule has 10 nitrogen and oxygen atoms in total. The lowest BCUT2D eigenvalue weighted by molar-refractivity contribution is -0.134. The molecular formula is C15H27N7O3. The molecule has 0 bridgehead atoms. The average molecular weight is 353 g/mol. The first-order chi connectivity index (χ1) is 12.0. The van der Waals surface area contributed by atoms with Gasteiger partial charge in [0.15, 0.2) is 5.82 Å². The Balaban J connectivity index is 1.72. The smallest absolute Gasteiger partial charge is 0.409 e. The number of amides is 2. The minimum absolute atomic E-state index is 0.103. The van der Waals surface area contributed by atoms with E-state index in [0.29, 0.717) is 51.5 Å². The van der Waals surface area contributed by atoms with Crippen LogP contribution in [0.15, 0.2) is 0 Å². The Labute approximate surface area is 147 Å². The van der Waals surface area contributed by atoms with Crippen molar-refractivity contribution < 1.29 is 14.3 Å². The Morgan fingerprint density at radius 1 is 1.24 bits per heavy atom. The monoisotopic (exact) mass is 353 g/mol. The minimum Gasteiger partial charge on any atom is -0.449 e. The molecule has 10 heteroatoms. The van der Waals surface area contributed by atoms with Gasteiger partial charge >= 0.3 is 6.09 Å². The SMILES string of the molecule is CCCCOC(=O)N1CCN(C(=O)[C@@H](N)CCc2nnnn2C)CC1. The summed E-state index contributed by atoms with van der Waals surface area (Å²) in [5.41, 5.74) is 6.02. The number of carbonyl (C=O) groups is 2. The minimum atomic E-state index is -0.597. The van der Waals surface area contributed by atoms with Gasteiger partial charge in [0, 0.05) is 39.6 Å². The highest BCUT2D eigenvalue weighted by Gasteiger charge is 2.27. The molecule has 2 heterocycles. The molecule has 2 rings (SSSR count). The second-order valence-corrected chi connectivity index (χ2v) is 6.14. The molecule has 0 aromatic carbocycles. The zero-order chi connectivity index (χ0) is 18.2. The van der Waals surface area contributed by atoms with E-state index in [1.165, 1.54) is 0 Å². The van der Waals surface area contributed by atoms with Crippen LogP contribution in [-0.2, 0) is 23.0 Å². The van der Waals surface area contributed by atoms with Crippen molar-refractivity contribution in [3.8, 4) is 0 Å². The molecule has 1 atom stereocenters. The third-order valence-electron chi connectivity index (χ3n) is 4.28. The molecule has 0 aliphatic carbocycles. The van der Waals surface area contributed by atoms with E-state index in [9.17, 15) is 9.59 Å². The predicted molar refractivity (Wildman–Crippen MR) is 89.5 cm³/mol. The van der Waals surface area contributed by atoms with Gasteiger partial charge in [-0.05, 0) is 23.3 Å². The molecule has 1 aromatic heterocycles. The van der Waals surface area contributed by atoms with Gasteiger partial charge < -0.3 is 20.3 Å². The maximum atomic E-state index is 12.4. The van der Waals surface area contributed by atoms with E-state index in [2.05, 4.69) is 15.5 Å². The highest BCUT2D eigenvalue weighted by atomic mass is 16.6. The van der Waals surface area contributed by atoms with Crippen LogP contribution in [0.25, 0.3) is 0 Å². The summed E-state index contributed by atoms with van der Waals surface area (Å²) < 4.78 is 6.76. The van der Waals surface area contributed by atoms with Crippen LogP contribution in [0, 0.1) is 0 Å². The van der Waals surface area contributed by atoms with E-state index < -0.39 is 6.04 Å². The molecule has 0 saturated carbocycles. The number of aromatic nitrogens is 4. The van der Waals surface area contributed by atoms with Gasteiger partial charge in [-0.15, -0.1) is 5.10 Å². The molecule has 0 spiro atoms. The summed E-state index contributed by atoms with van der Waals surface area (Å²) in [4.78, 5) is 27.7. The number of piperazine rings is 1. The molecule has 0 unspecified atom stereocenters. The second-order valence-electron chi connectivity index (χ2n) is 6.14. The Hall–Kier alpha value is -2.23. The largest absolute Gasteiger partial charge is 0.449 e. The molecule has 1 aliphatic heterocycles. The second kappa shape index (κ2) is 9.30. The lowest BCUT2D eigenvalue weighted by Crippen LogP contribution is -2.54. The summed E-state index contributed by atoms with van der Waals surface area (Å²) in [7, 11) is 1.75. The molecular weight excluding hydrogens is 326 g/mol. The first-order valence-electron chi connectivity index (χ1n) is 8.70. The number of tetrazole rings is 1. The number of nitrogens with zero attached hydrogens (tertiary/aromatic N) is 6. The van der Waals surface area contributed by atoms with Crippen molar-refractivity contribution in [3.05, 3.63) is 5.82 Å². The summed E-state index contributed by atoms with van der Waals surface area (Å²) in [5.74, 6) is 0.594. The number of aryl methyl sites for hydroxylation is 2. The Bertz CT molecular complexity index is 569. The van der Waals surface area contributed by atoms with Crippen LogP contribution < -0.4 is 5.73 Å². The van der Waals surface area contributed by atoms with Crippen molar-refractivity contribution in [2.24, 2.45) is 12.8 Å². The normalized spacial score (nSPS) is 16.0. The molecule has 1 saturated heterocycles. The summed E-state index contributed by atoms with van der Waals surface area (Å²) in [6, 6.07) is -0.597. The molecule has 1 aromatic rings. The Morgan fingerprint density at radius 2 is 1.92 bits per heavy atom. The number of carbonyl (C=O) groups excluding carboxylic acids is 2. The number of nitrogens with two attached hydrogens (primary N) is 1. The van der Waals surface area contributed by atoms with E-state index >= 15 is 0 Å². The number of ether oxygens (including phenoxy) is 1. The molecule has 1 fully saturated rings. The lowest BCUT2D eigenvalue weighted by atomic mass is 10.1. The first-order valence-corrected chi connectivity index (χ1v) is 8.70. The number of unbranched alkanes of at least 4 members (excludes halogenated alkanes) is 1. The number of hydrogen-bond acceptors (Lipinski definition) is 7. The van der Waals surface area contributed by atoms with Gasteiger partial charge in [0.2, 0.25) is 5.91 Å². The summed E-state index contributed by atoms with van der Waals surface area (Å²) >= 11 is 0. The average Bonchev–Trinajstić information content (AvgIpc) is 3.04. The van der Waals surface area contributed by atoms with Crippen LogP contribution >= 0.6 is 0 Å². The first kappa shape index (κ1) is 19.1. The maximum Gasteiger partial charge on any atom is 0.409 e. The van der Waals surface area contributed by atoms with Gasteiger partial charge in [-0.1, -0.05) is 13.3 Å². The van der Waals surface area contributed by atoms with Crippen LogP contribution in [0.4, 0.5) is 4.79 Å². The fourth-order valence-corrected chi connectivity index (χ4v) is 2.61. The standard InChI is InChI=1S/C15H27N7O3/c1-3-4-11-25-15(24)22-9-7-21(8-10-22)14(23)12(16)5-6-13-17-18-19-20(13)2/h12H,3-11,16H2,1-2H3/t12-/m0/s1. The third-order valence-corrected chi connectivity index (χ3v) is 4.28. The van der Waals surface area contributed by atoms with Crippen molar-refractivity contribution in [1.82, 2.24) is 30.0 Å². The van der Waals surface area contributed by atoms with Gasteiger partial charge in [0.25, 0.3) is 0 Å². The van der Waals surface area contributed by atoms with E-state index in [-0.39, 0.29) is 12.0 Å². The van der Waals surface area contributed by atoms with E-state index in [1.807, 2.05) is 6.92 Å². The maximum absolute atomic E-state index is 12.4. The van der Waals surface area contributed by atoms with Crippen molar-refractivity contribution in [1.29, 1.82) is 0 Å². The molecule has 2 amide bonds. The van der Waals surface area contributed by atoms with E-state index in [1.54, 1.807) is 21.5 Å². The molecule has 2 N–H and O–H groups in total. The molecule has 0 radical (unpaired) electrons. The van der Waals surface area contributed by atoms with Crippen LogP contribution in [0.2, 0.25) is 0 Å². The quantitative estimate of drug-likeness (QED) is 0.659. The fraction of sp³-hybridized carbons (Fsp3) is 0.800. The highest BCUT2D eigenvalue weighted by Crippen LogP contribution is 2.08. The Morgan fingerprint density at radius 3 is 2.52 bits per heavy atom. The van der Waals surface area contributed by atoms with Gasteiger partial charge in [0.1, 0.15) is 0 Å². The van der Waals surface area contributed by atoms with Crippen molar-refractivity contribution in [3.63, 3.8) is 0 Å². The molecule has 1 aliphatic rings. The van der Waals surface area contributed by atoms with Crippen LogP contribution in [0.3, 0.4) is 0 Å². The van der Waals surface area contributed by atoms with Gasteiger partial charge in [-0.2, -0.15) is 0 Å². The van der Waals surface area contributed by atoms with Crippen molar-refractivity contribution >= 4 is 12.0 Å². The van der Waals surface area contributed by atoms with E-state index in [0.717, 1.165) is 12.8 Å². The topological polar surface area (TPSA) is 119 Å². The summed E-state index contributed by atoms with van der Waals surface area (Å²) in [5, 5.41) is 11.2. The summed E-state index contributed by atoms with van der Waals surface area (Å²) in [6.07, 6.45) is 2.56. The van der Waals surface area contributed by atoms with Crippen LogP contribution in [0.1, 0.15) is 32.0 Å². The fourth-order valence-electron chi connectivity index (χ4n) is 2.61. The number of rotatable bonds is 7. The zero-order valence-corrected chi connectivity index (χ0v) is 14.9. The third kappa shape index (κ3) is 5.38.